The van der Waals surface area contributed by atoms with Gasteiger partial charge in [0.05, 0.1) is 28.0 Å². The zero-order chi connectivity index (χ0) is 19.8. The van der Waals surface area contributed by atoms with Crippen LogP contribution in [0.25, 0.3) is 22.4 Å². The van der Waals surface area contributed by atoms with Crippen molar-refractivity contribution in [3.05, 3.63) is 77.0 Å². The van der Waals surface area contributed by atoms with E-state index in [-0.39, 0.29) is 22.8 Å². The molecule has 0 atom stereocenters. The summed E-state index contributed by atoms with van der Waals surface area (Å²) in [5.41, 5.74) is 2.81. The highest BCUT2D eigenvalue weighted by Crippen LogP contribution is 2.28. The minimum atomic E-state index is -0.537. The first kappa shape index (κ1) is 17.8. The molecule has 0 spiro atoms. The Morgan fingerprint density at radius 1 is 1.04 bits per heavy atom. The first-order valence-electron chi connectivity index (χ1n) is 8.53. The number of carbonyl (C=O) groups excluding carboxylic acids is 1. The maximum absolute atomic E-state index is 14.1. The lowest BCUT2D eigenvalue weighted by molar-refractivity contribution is 0.102. The van der Waals surface area contributed by atoms with Crippen LogP contribution in [0.5, 0.6) is 0 Å². The average molecular weight is 379 g/mol. The number of amides is 1. The van der Waals surface area contributed by atoms with Crippen LogP contribution in [0.4, 0.5) is 14.5 Å². The van der Waals surface area contributed by atoms with E-state index in [1.807, 2.05) is 0 Å². The number of nitrogens with zero attached hydrogens (tertiary/aromatic N) is 2. The molecular weight excluding hydrogens is 364 g/mol. The van der Waals surface area contributed by atoms with Gasteiger partial charge in [0.15, 0.2) is 0 Å². The van der Waals surface area contributed by atoms with Crippen LogP contribution in [0.15, 0.2) is 53.1 Å². The average Bonchev–Trinajstić information content (AvgIpc) is 3.05. The third kappa shape index (κ3) is 3.22. The Morgan fingerprint density at radius 2 is 1.79 bits per heavy atom. The van der Waals surface area contributed by atoms with E-state index in [4.69, 9.17) is 4.52 Å². The van der Waals surface area contributed by atoms with Gasteiger partial charge in [-0.25, -0.2) is 13.8 Å². The van der Waals surface area contributed by atoms with E-state index in [0.717, 1.165) is 5.56 Å². The van der Waals surface area contributed by atoms with Crippen molar-refractivity contribution in [1.29, 1.82) is 0 Å². The van der Waals surface area contributed by atoms with Gasteiger partial charge in [-0.1, -0.05) is 11.2 Å². The van der Waals surface area contributed by atoms with Crippen LogP contribution in [-0.4, -0.2) is 16.0 Å². The van der Waals surface area contributed by atoms with Crippen molar-refractivity contribution in [1.82, 2.24) is 10.1 Å². The second-order valence-electron chi connectivity index (χ2n) is 6.45. The molecule has 7 heteroatoms. The SMILES string of the molecule is Cc1ccc(F)c(NC(=O)c2cc(-c3ccc(F)cc3)nc3onc(C)c23)c1. The largest absolute Gasteiger partial charge is 0.335 e. The van der Waals surface area contributed by atoms with E-state index in [9.17, 15) is 13.6 Å². The van der Waals surface area contributed by atoms with Gasteiger partial charge in [-0.3, -0.25) is 4.79 Å². The molecule has 1 amide bonds. The van der Waals surface area contributed by atoms with Crippen LogP contribution in [0.1, 0.15) is 21.6 Å². The third-order valence-corrected chi connectivity index (χ3v) is 4.37. The lowest BCUT2D eigenvalue weighted by Crippen LogP contribution is -2.14. The maximum atomic E-state index is 14.1. The number of anilines is 1. The molecule has 2 aromatic heterocycles. The number of fused-ring (bicyclic) bond motifs is 1. The fourth-order valence-corrected chi connectivity index (χ4v) is 2.97. The summed E-state index contributed by atoms with van der Waals surface area (Å²) in [6.45, 7) is 3.49. The van der Waals surface area contributed by atoms with E-state index >= 15 is 0 Å². The second kappa shape index (κ2) is 6.84. The molecule has 5 nitrogen and oxygen atoms in total. The highest BCUT2D eigenvalue weighted by molar-refractivity contribution is 6.13. The van der Waals surface area contributed by atoms with Gasteiger partial charge in [0.2, 0.25) is 0 Å². The van der Waals surface area contributed by atoms with E-state index in [0.29, 0.717) is 22.3 Å². The number of benzene rings is 2. The minimum Gasteiger partial charge on any atom is -0.335 e. The van der Waals surface area contributed by atoms with Gasteiger partial charge >= 0.3 is 0 Å². The highest BCUT2D eigenvalue weighted by Gasteiger charge is 2.20. The Labute approximate surface area is 159 Å². The number of carbonyl (C=O) groups is 1. The molecule has 2 aromatic carbocycles. The molecule has 0 bridgehead atoms. The number of hydrogen-bond donors (Lipinski definition) is 1. The van der Waals surface area contributed by atoms with Gasteiger partial charge in [0, 0.05) is 5.56 Å². The molecule has 140 valence electrons. The van der Waals surface area contributed by atoms with Gasteiger partial charge in [-0.2, -0.15) is 0 Å². The summed E-state index contributed by atoms with van der Waals surface area (Å²) in [6, 6.07) is 11.7. The second-order valence-corrected chi connectivity index (χ2v) is 6.45. The molecule has 0 unspecified atom stereocenters. The molecule has 28 heavy (non-hydrogen) atoms. The highest BCUT2D eigenvalue weighted by atomic mass is 19.1. The molecule has 4 rings (SSSR count). The first-order chi connectivity index (χ1) is 13.4. The van der Waals surface area contributed by atoms with Crippen molar-refractivity contribution in [3.8, 4) is 11.3 Å². The minimum absolute atomic E-state index is 0.0763. The van der Waals surface area contributed by atoms with Crippen LogP contribution in [0.3, 0.4) is 0 Å². The molecule has 2 heterocycles. The molecule has 4 aromatic rings. The maximum Gasteiger partial charge on any atom is 0.259 e. The van der Waals surface area contributed by atoms with Crippen molar-refractivity contribution < 1.29 is 18.1 Å². The van der Waals surface area contributed by atoms with Crippen molar-refractivity contribution in [2.75, 3.05) is 5.32 Å². The molecule has 0 saturated heterocycles. The van der Waals surface area contributed by atoms with Gasteiger partial charge in [0.1, 0.15) is 11.6 Å². The lowest BCUT2D eigenvalue weighted by Gasteiger charge is -2.10. The predicted octanol–water partition coefficient (Wildman–Crippen LogP) is 5.04. The number of aryl methyl sites for hydroxylation is 2. The van der Waals surface area contributed by atoms with E-state index < -0.39 is 11.7 Å². The summed E-state index contributed by atoms with van der Waals surface area (Å²) in [6.07, 6.45) is 0. The molecule has 0 radical (unpaired) electrons. The van der Waals surface area contributed by atoms with Crippen LogP contribution < -0.4 is 5.32 Å². The Kier molecular flexibility index (Phi) is 4.35. The van der Waals surface area contributed by atoms with Crippen molar-refractivity contribution in [3.63, 3.8) is 0 Å². The zero-order valence-electron chi connectivity index (χ0n) is 15.1. The number of aromatic nitrogens is 2. The monoisotopic (exact) mass is 379 g/mol. The van der Waals surface area contributed by atoms with E-state index in [2.05, 4.69) is 15.5 Å². The van der Waals surface area contributed by atoms with Crippen molar-refractivity contribution in [2.24, 2.45) is 0 Å². The lowest BCUT2D eigenvalue weighted by atomic mass is 10.0. The predicted molar refractivity (Wildman–Crippen MR) is 101 cm³/mol. The fourth-order valence-electron chi connectivity index (χ4n) is 2.97. The van der Waals surface area contributed by atoms with Crippen molar-refractivity contribution >= 4 is 22.7 Å². The summed E-state index contributed by atoms with van der Waals surface area (Å²) in [5.74, 6) is -1.44. The Hall–Kier alpha value is -3.61. The first-order valence-corrected chi connectivity index (χ1v) is 8.53. The fraction of sp³-hybridized carbons (Fsp3) is 0.0952. The summed E-state index contributed by atoms with van der Waals surface area (Å²) in [7, 11) is 0. The van der Waals surface area contributed by atoms with Crippen LogP contribution in [0.2, 0.25) is 0 Å². The number of pyridine rings is 1. The standard InChI is InChI=1S/C21H15F2N3O2/c1-11-3-8-16(23)18(9-11)24-20(27)15-10-17(13-4-6-14(22)7-5-13)25-21-19(15)12(2)26-28-21/h3-10H,1-2H3,(H,24,27). The summed E-state index contributed by atoms with van der Waals surface area (Å²) < 4.78 is 32.5. The van der Waals surface area contributed by atoms with Crippen LogP contribution in [0, 0.1) is 25.5 Å². The Balaban J connectivity index is 1.82. The van der Waals surface area contributed by atoms with Gasteiger partial charge in [-0.05, 0) is 61.9 Å². The Morgan fingerprint density at radius 3 is 2.54 bits per heavy atom. The number of halogens is 2. The number of hydrogen-bond acceptors (Lipinski definition) is 4. The Bertz CT molecular complexity index is 1200. The van der Waals surface area contributed by atoms with Gasteiger partial charge in [0.25, 0.3) is 11.6 Å². The molecule has 1 N–H and O–H groups in total. The van der Waals surface area contributed by atoms with E-state index in [1.165, 1.54) is 18.2 Å². The number of rotatable bonds is 3. The quantitative estimate of drug-likeness (QED) is 0.542. The number of nitrogens with one attached hydrogen (secondary N) is 1. The summed E-state index contributed by atoms with van der Waals surface area (Å²) in [5, 5.41) is 6.91. The third-order valence-electron chi connectivity index (χ3n) is 4.37. The molecule has 0 fully saturated rings. The summed E-state index contributed by atoms with van der Waals surface area (Å²) >= 11 is 0. The topological polar surface area (TPSA) is 68.0 Å². The van der Waals surface area contributed by atoms with E-state index in [1.54, 1.807) is 44.2 Å². The smallest absolute Gasteiger partial charge is 0.259 e. The molecule has 0 aliphatic heterocycles. The van der Waals surface area contributed by atoms with Gasteiger partial charge < -0.3 is 9.84 Å². The van der Waals surface area contributed by atoms with Crippen molar-refractivity contribution in [2.45, 2.75) is 13.8 Å². The molecule has 0 aliphatic carbocycles. The summed E-state index contributed by atoms with van der Waals surface area (Å²) in [4.78, 5) is 17.3. The van der Waals surface area contributed by atoms with Gasteiger partial charge in [-0.15, -0.1) is 0 Å². The zero-order valence-corrected chi connectivity index (χ0v) is 15.1. The van der Waals surface area contributed by atoms with Crippen LogP contribution >= 0.6 is 0 Å². The molecule has 0 aliphatic rings. The molecular formula is C21H15F2N3O2. The van der Waals surface area contributed by atoms with Crippen LogP contribution in [-0.2, 0) is 0 Å². The molecule has 0 saturated carbocycles. The normalized spacial score (nSPS) is 11.0.